The molecule has 0 fully saturated rings. The largest absolute Gasteiger partial charge is 0.383 e. The van der Waals surface area contributed by atoms with Crippen LogP contribution in [0.25, 0.3) is 22.3 Å². The molecule has 3 nitrogen and oxygen atoms in total. The Labute approximate surface area is 113 Å². The molecule has 0 aliphatic rings. The maximum Gasteiger partial charge on any atom is 0.165 e. The molecule has 0 saturated heterocycles. The van der Waals surface area contributed by atoms with Crippen LogP contribution in [0.2, 0.25) is 5.02 Å². The fourth-order valence-electron chi connectivity index (χ4n) is 1.89. The Kier molecular flexibility index (Phi) is 2.80. The quantitative estimate of drug-likeness (QED) is 0.736. The third-order valence-corrected chi connectivity index (χ3v) is 3.04. The minimum Gasteiger partial charge on any atom is -0.383 e. The van der Waals surface area contributed by atoms with Gasteiger partial charge >= 0.3 is 0 Å². The molecule has 2 N–H and O–H groups in total. The van der Waals surface area contributed by atoms with Gasteiger partial charge < -0.3 is 5.73 Å². The first-order chi connectivity index (χ1) is 9.15. The number of nitrogens with zero attached hydrogens (tertiary/aromatic N) is 2. The third-order valence-electron chi connectivity index (χ3n) is 2.80. The number of nitrogens with two attached hydrogens (primary N) is 1. The molecule has 2 aromatic carbocycles. The Morgan fingerprint density at radius 1 is 1.05 bits per heavy atom. The molecule has 0 unspecified atom stereocenters. The van der Waals surface area contributed by atoms with Crippen molar-refractivity contribution in [2.45, 2.75) is 0 Å². The predicted molar refractivity (Wildman–Crippen MR) is 74.4 cm³/mol. The van der Waals surface area contributed by atoms with Crippen molar-refractivity contribution in [2.75, 3.05) is 5.73 Å². The number of anilines is 1. The Balaban J connectivity index is 2.27. The Morgan fingerprint density at radius 2 is 1.84 bits per heavy atom. The number of rotatable bonds is 1. The second-order valence-electron chi connectivity index (χ2n) is 4.07. The molecule has 3 aromatic rings. The van der Waals surface area contributed by atoms with Crippen molar-refractivity contribution in [3.05, 3.63) is 53.3 Å². The van der Waals surface area contributed by atoms with Crippen LogP contribution in [0.15, 0.2) is 42.5 Å². The lowest BCUT2D eigenvalue weighted by Crippen LogP contribution is -1.99. The van der Waals surface area contributed by atoms with Crippen molar-refractivity contribution < 1.29 is 4.39 Å². The van der Waals surface area contributed by atoms with E-state index in [0.717, 1.165) is 0 Å². The van der Waals surface area contributed by atoms with E-state index >= 15 is 0 Å². The maximum atomic E-state index is 13.7. The molecule has 1 aromatic heterocycles. The summed E-state index contributed by atoms with van der Waals surface area (Å²) in [6.45, 7) is 0. The van der Waals surface area contributed by atoms with Gasteiger partial charge in [-0.1, -0.05) is 23.7 Å². The molecule has 0 bridgehead atoms. The summed E-state index contributed by atoms with van der Waals surface area (Å²) in [7, 11) is 0. The molecule has 94 valence electrons. The molecule has 1 heterocycles. The zero-order valence-electron chi connectivity index (χ0n) is 9.77. The molecule has 0 aliphatic carbocycles. The van der Waals surface area contributed by atoms with Crippen LogP contribution in [0.5, 0.6) is 0 Å². The normalized spacial score (nSPS) is 10.8. The van der Waals surface area contributed by atoms with Gasteiger partial charge in [-0.3, -0.25) is 0 Å². The first kappa shape index (κ1) is 11.9. The SMILES string of the molecule is Nc1nc(-c2ccccc2F)nc2ccc(Cl)cc12. The first-order valence-electron chi connectivity index (χ1n) is 5.63. The van der Waals surface area contributed by atoms with E-state index in [4.69, 9.17) is 17.3 Å². The lowest BCUT2D eigenvalue weighted by molar-refractivity contribution is 0.630. The smallest absolute Gasteiger partial charge is 0.165 e. The van der Waals surface area contributed by atoms with Crippen LogP contribution < -0.4 is 5.73 Å². The van der Waals surface area contributed by atoms with Crippen molar-refractivity contribution in [1.29, 1.82) is 0 Å². The summed E-state index contributed by atoms with van der Waals surface area (Å²) >= 11 is 5.90. The average molecular weight is 274 g/mol. The standard InChI is InChI=1S/C14H9ClFN3/c15-8-5-6-12-10(7-8)13(17)19-14(18-12)9-3-1-2-4-11(9)16/h1-7H,(H2,17,18,19). The van der Waals surface area contributed by atoms with Crippen molar-refractivity contribution in [2.24, 2.45) is 0 Å². The van der Waals surface area contributed by atoms with Crippen molar-refractivity contribution in [3.63, 3.8) is 0 Å². The summed E-state index contributed by atoms with van der Waals surface area (Å²) < 4.78 is 13.7. The Bertz CT molecular complexity index is 774. The van der Waals surface area contributed by atoms with Gasteiger partial charge in [-0.2, -0.15) is 0 Å². The molecular formula is C14H9ClFN3. The van der Waals surface area contributed by atoms with E-state index in [1.54, 1.807) is 36.4 Å². The highest BCUT2D eigenvalue weighted by Crippen LogP contribution is 2.26. The van der Waals surface area contributed by atoms with Crippen molar-refractivity contribution in [1.82, 2.24) is 9.97 Å². The minimum absolute atomic E-state index is 0.269. The zero-order chi connectivity index (χ0) is 13.4. The van der Waals surface area contributed by atoms with Crippen LogP contribution >= 0.6 is 11.6 Å². The molecule has 0 aliphatic heterocycles. The lowest BCUT2D eigenvalue weighted by atomic mass is 10.1. The zero-order valence-corrected chi connectivity index (χ0v) is 10.5. The van der Waals surface area contributed by atoms with Gasteiger partial charge in [0.25, 0.3) is 0 Å². The molecule has 19 heavy (non-hydrogen) atoms. The van der Waals surface area contributed by atoms with Crippen LogP contribution in [0.4, 0.5) is 10.2 Å². The first-order valence-corrected chi connectivity index (χ1v) is 6.00. The second kappa shape index (κ2) is 4.48. The van der Waals surface area contributed by atoms with E-state index in [1.165, 1.54) is 6.07 Å². The number of nitrogen functional groups attached to an aromatic ring is 1. The molecular weight excluding hydrogens is 265 g/mol. The van der Waals surface area contributed by atoms with Crippen LogP contribution in [0.1, 0.15) is 0 Å². The van der Waals surface area contributed by atoms with Gasteiger partial charge in [0.05, 0.1) is 11.1 Å². The average Bonchev–Trinajstić information content (AvgIpc) is 2.40. The summed E-state index contributed by atoms with van der Waals surface area (Å²) in [5, 5.41) is 1.22. The van der Waals surface area contributed by atoms with Crippen molar-refractivity contribution in [3.8, 4) is 11.4 Å². The van der Waals surface area contributed by atoms with E-state index in [1.807, 2.05) is 0 Å². The van der Waals surface area contributed by atoms with E-state index in [9.17, 15) is 4.39 Å². The monoisotopic (exact) mass is 273 g/mol. The molecule has 0 saturated carbocycles. The van der Waals surface area contributed by atoms with Gasteiger partial charge in [-0.15, -0.1) is 0 Å². The minimum atomic E-state index is -0.379. The lowest BCUT2D eigenvalue weighted by Gasteiger charge is -2.06. The molecule has 0 spiro atoms. The van der Waals surface area contributed by atoms with Gasteiger partial charge in [-0.05, 0) is 30.3 Å². The van der Waals surface area contributed by atoms with Gasteiger partial charge in [0, 0.05) is 10.4 Å². The van der Waals surface area contributed by atoms with Gasteiger partial charge in [0.2, 0.25) is 0 Å². The molecule has 0 radical (unpaired) electrons. The number of halogens is 2. The molecule has 3 rings (SSSR count). The van der Waals surface area contributed by atoms with Crippen LogP contribution in [-0.2, 0) is 0 Å². The van der Waals surface area contributed by atoms with Crippen molar-refractivity contribution >= 4 is 28.3 Å². The highest BCUT2D eigenvalue weighted by molar-refractivity contribution is 6.31. The highest BCUT2D eigenvalue weighted by Gasteiger charge is 2.10. The number of benzene rings is 2. The van der Waals surface area contributed by atoms with Crippen LogP contribution in [-0.4, -0.2) is 9.97 Å². The Hall–Kier alpha value is -2.20. The van der Waals surface area contributed by atoms with E-state index < -0.39 is 0 Å². The van der Waals surface area contributed by atoms with Crippen LogP contribution in [0, 0.1) is 5.82 Å². The van der Waals surface area contributed by atoms with Crippen LogP contribution in [0.3, 0.4) is 0 Å². The molecule has 5 heteroatoms. The van der Waals surface area contributed by atoms with Gasteiger partial charge in [-0.25, -0.2) is 14.4 Å². The topological polar surface area (TPSA) is 51.8 Å². The summed E-state index contributed by atoms with van der Waals surface area (Å²) in [6, 6.07) is 11.5. The van der Waals surface area contributed by atoms with E-state index in [0.29, 0.717) is 21.5 Å². The van der Waals surface area contributed by atoms with E-state index in [2.05, 4.69) is 9.97 Å². The highest BCUT2D eigenvalue weighted by atomic mass is 35.5. The summed E-state index contributed by atoms with van der Waals surface area (Å²) in [5.74, 6) is 0.173. The number of aromatic nitrogens is 2. The molecule has 0 atom stereocenters. The number of hydrogen-bond acceptors (Lipinski definition) is 3. The predicted octanol–water partition coefficient (Wildman–Crippen LogP) is 3.67. The summed E-state index contributed by atoms with van der Waals surface area (Å²) in [4.78, 5) is 8.46. The molecule has 0 amide bonds. The fraction of sp³-hybridized carbons (Fsp3) is 0. The summed E-state index contributed by atoms with van der Waals surface area (Å²) in [6.07, 6.45) is 0. The number of hydrogen-bond donors (Lipinski definition) is 1. The second-order valence-corrected chi connectivity index (χ2v) is 4.51. The van der Waals surface area contributed by atoms with E-state index in [-0.39, 0.29) is 17.5 Å². The fourth-order valence-corrected chi connectivity index (χ4v) is 2.06. The third kappa shape index (κ3) is 2.11. The maximum absolute atomic E-state index is 13.7. The van der Waals surface area contributed by atoms with Gasteiger partial charge in [0.1, 0.15) is 11.6 Å². The summed E-state index contributed by atoms with van der Waals surface area (Å²) in [5.41, 5.74) is 6.84. The Morgan fingerprint density at radius 3 is 2.63 bits per heavy atom. The number of fused-ring (bicyclic) bond motifs is 1. The van der Waals surface area contributed by atoms with Gasteiger partial charge in [0.15, 0.2) is 5.82 Å².